The predicted molar refractivity (Wildman–Crippen MR) is 44.2 cm³/mol. The molecule has 2 nitrogen and oxygen atoms in total. The minimum atomic E-state index is -0.885. The zero-order valence-electron chi connectivity index (χ0n) is 5.60. The first-order valence-corrected chi connectivity index (χ1v) is 4.91. The number of halogens is 1. The third-order valence-corrected chi connectivity index (χ3v) is 3.59. The van der Waals surface area contributed by atoms with Crippen molar-refractivity contribution in [2.45, 2.75) is 12.8 Å². The van der Waals surface area contributed by atoms with Crippen molar-refractivity contribution in [3.8, 4) is 0 Å². The zero-order chi connectivity index (χ0) is 7.56. The third kappa shape index (κ3) is 1.59. The van der Waals surface area contributed by atoms with Crippen LogP contribution < -0.4 is 5.73 Å². The van der Waals surface area contributed by atoms with E-state index >= 15 is 0 Å². The van der Waals surface area contributed by atoms with Crippen molar-refractivity contribution in [1.29, 1.82) is 0 Å². The van der Waals surface area contributed by atoms with Gasteiger partial charge in [0.25, 0.3) is 0 Å². The zero-order valence-corrected chi connectivity index (χ0v) is 7.17. The summed E-state index contributed by atoms with van der Waals surface area (Å²) in [7, 11) is -0.885. The summed E-state index contributed by atoms with van der Waals surface area (Å²) in [4.78, 5) is 0.909. The molecule has 0 fully saturated rings. The summed E-state index contributed by atoms with van der Waals surface area (Å²) in [6, 6.07) is 0. The Balaban J connectivity index is 2.50. The van der Waals surface area contributed by atoms with Crippen LogP contribution >= 0.6 is 11.6 Å². The molecule has 1 aliphatic rings. The van der Waals surface area contributed by atoms with E-state index in [0.29, 0.717) is 12.3 Å². The summed E-state index contributed by atoms with van der Waals surface area (Å²) in [5.74, 6) is 0.547. The molecule has 0 aliphatic heterocycles. The first kappa shape index (κ1) is 8.24. The highest BCUT2D eigenvalue weighted by Crippen LogP contribution is 2.32. The summed E-state index contributed by atoms with van der Waals surface area (Å²) in [5.41, 5.74) is 5.23. The number of allylic oxidation sites excluding steroid dienone is 2. The van der Waals surface area contributed by atoms with Gasteiger partial charge < -0.3 is 5.73 Å². The monoisotopic (exact) mass is 179 g/mol. The fraction of sp³-hybridized carbons (Fsp3) is 0.667. The Morgan fingerprint density at radius 2 is 2.30 bits per heavy atom. The maximum absolute atomic E-state index is 11.1. The number of hydrogen-bond donors (Lipinski definition) is 1. The lowest BCUT2D eigenvalue weighted by atomic mass is 10.1. The molecule has 0 saturated carbocycles. The standard InChI is InChI=1S/C6H10ClNOS/c7-5-1-2-6(5)10(9)4-3-8/h1-4,8H2. The van der Waals surface area contributed by atoms with Gasteiger partial charge in [0, 0.05) is 22.2 Å². The van der Waals surface area contributed by atoms with Gasteiger partial charge in [-0.1, -0.05) is 11.6 Å². The summed E-state index contributed by atoms with van der Waals surface area (Å²) in [6.07, 6.45) is 1.79. The molecule has 4 heteroatoms. The van der Waals surface area contributed by atoms with E-state index < -0.39 is 10.8 Å². The minimum Gasteiger partial charge on any atom is -0.330 e. The maximum Gasteiger partial charge on any atom is 0.0512 e. The SMILES string of the molecule is NCCS(=O)C1=C(Cl)CC1. The molecule has 0 aromatic carbocycles. The summed E-state index contributed by atoms with van der Waals surface area (Å²) >= 11 is 5.69. The summed E-state index contributed by atoms with van der Waals surface area (Å²) < 4.78 is 11.1. The minimum absolute atomic E-state index is 0.473. The molecule has 2 N–H and O–H groups in total. The van der Waals surface area contributed by atoms with Crippen LogP contribution in [0.3, 0.4) is 0 Å². The molecule has 1 rings (SSSR count). The van der Waals surface area contributed by atoms with Gasteiger partial charge in [-0.15, -0.1) is 0 Å². The Kier molecular flexibility index (Phi) is 2.89. The highest BCUT2D eigenvalue weighted by atomic mass is 35.5. The molecule has 0 saturated heterocycles. The average molecular weight is 180 g/mol. The lowest BCUT2D eigenvalue weighted by Crippen LogP contribution is -2.15. The highest BCUT2D eigenvalue weighted by Gasteiger charge is 2.19. The van der Waals surface area contributed by atoms with Crippen LogP contribution in [0.1, 0.15) is 12.8 Å². The van der Waals surface area contributed by atoms with Crippen LogP contribution in [0.4, 0.5) is 0 Å². The molecule has 10 heavy (non-hydrogen) atoms. The van der Waals surface area contributed by atoms with Gasteiger partial charge in [-0.3, -0.25) is 4.21 Å². The van der Waals surface area contributed by atoms with Crippen molar-refractivity contribution >= 4 is 22.4 Å². The second-order valence-corrected chi connectivity index (χ2v) is 4.21. The van der Waals surface area contributed by atoms with Crippen LogP contribution in [0.25, 0.3) is 0 Å². The van der Waals surface area contributed by atoms with Gasteiger partial charge in [0.05, 0.1) is 10.8 Å². The lowest BCUT2D eigenvalue weighted by molar-refractivity contribution is 0.682. The Morgan fingerprint density at radius 1 is 1.60 bits per heavy atom. The number of hydrogen-bond acceptors (Lipinski definition) is 2. The van der Waals surface area contributed by atoms with E-state index in [4.69, 9.17) is 17.3 Å². The third-order valence-electron chi connectivity index (χ3n) is 1.45. The second kappa shape index (κ2) is 3.51. The van der Waals surface area contributed by atoms with Gasteiger partial charge in [-0.05, 0) is 12.8 Å². The second-order valence-electron chi connectivity index (χ2n) is 2.17. The fourth-order valence-corrected chi connectivity index (χ4v) is 2.38. The van der Waals surface area contributed by atoms with Gasteiger partial charge in [0.15, 0.2) is 0 Å². The van der Waals surface area contributed by atoms with Crippen molar-refractivity contribution in [1.82, 2.24) is 0 Å². The Labute approximate surface area is 67.9 Å². The Morgan fingerprint density at radius 3 is 2.60 bits per heavy atom. The summed E-state index contributed by atoms with van der Waals surface area (Å²) in [5, 5.41) is 0.784. The Hall–Kier alpha value is 0.140. The first-order valence-electron chi connectivity index (χ1n) is 3.21. The van der Waals surface area contributed by atoms with Crippen molar-refractivity contribution in [3.05, 3.63) is 9.94 Å². The van der Waals surface area contributed by atoms with Gasteiger partial charge in [-0.25, -0.2) is 0 Å². The van der Waals surface area contributed by atoms with E-state index in [9.17, 15) is 4.21 Å². The first-order chi connectivity index (χ1) is 4.75. The predicted octanol–water partition coefficient (Wildman–Crippen LogP) is 0.938. The van der Waals surface area contributed by atoms with Crippen LogP contribution in [0, 0.1) is 0 Å². The van der Waals surface area contributed by atoms with E-state index in [2.05, 4.69) is 0 Å². The molecule has 0 spiro atoms. The van der Waals surface area contributed by atoms with E-state index in [-0.39, 0.29) is 0 Å². The fourth-order valence-electron chi connectivity index (χ4n) is 0.789. The molecule has 0 bridgehead atoms. The lowest BCUT2D eigenvalue weighted by Gasteiger charge is -2.17. The topological polar surface area (TPSA) is 43.1 Å². The highest BCUT2D eigenvalue weighted by molar-refractivity contribution is 7.89. The van der Waals surface area contributed by atoms with E-state index in [1.807, 2.05) is 0 Å². The van der Waals surface area contributed by atoms with E-state index in [1.54, 1.807) is 0 Å². The van der Waals surface area contributed by atoms with Crippen LogP contribution in [0.2, 0.25) is 0 Å². The number of rotatable bonds is 3. The van der Waals surface area contributed by atoms with E-state index in [1.165, 1.54) is 0 Å². The average Bonchev–Trinajstić information content (AvgIpc) is 1.85. The van der Waals surface area contributed by atoms with Gasteiger partial charge >= 0.3 is 0 Å². The largest absolute Gasteiger partial charge is 0.330 e. The van der Waals surface area contributed by atoms with Crippen LogP contribution in [0.15, 0.2) is 9.94 Å². The molecule has 0 aromatic heterocycles. The quantitative estimate of drug-likeness (QED) is 0.701. The van der Waals surface area contributed by atoms with Crippen molar-refractivity contribution < 1.29 is 4.21 Å². The van der Waals surface area contributed by atoms with Gasteiger partial charge in [0.2, 0.25) is 0 Å². The maximum atomic E-state index is 11.1. The molecular formula is C6H10ClNOS. The molecule has 1 atom stereocenters. The van der Waals surface area contributed by atoms with E-state index in [0.717, 1.165) is 22.8 Å². The van der Waals surface area contributed by atoms with Crippen LogP contribution in [0.5, 0.6) is 0 Å². The van der Waals surface area contributed by atoms with Crippen LogP contribution in [-0.4, -0.2) is 16.5 Å². The normalized spacial score (nSPS) is 20.6. The summed E-state index contributed by atoms with van der Waals surface area (Å²) in [6.45, 7) is 0.473. The molecule has 0 radical (unpaired) electrons. The van der Waals surface area contributed by atoms with Crippen molar-refractivity contribution in [3.63, 3.8) is 0 Å². The smallest absolute Gasteiger partial charge is 0.0512 e. The molecule has 58 valence electrons. The Bertz CT molecular complexity index is 190. The van der Waals surface area contributed by atoms with Gasteiger partial charge in [-0.2, -0.15) is 0 Å². The van der Waals surface area contributed by atoms with Crippen molar-refractivity contribution in [2.75, 3.05) is 12.3 Å². The van der Waals surface area contributed by atoms with Gasteiger partial charge in [0.1, 0.15) is 0 Å². The molecule has 0 aromatic rings. The molecule has 0 amide bonds. The van der Waals surface area contributed by atoms with Crippen LogP contribution in [-0.2, 0) is 10.8 Å². The number of nitrogens with two attached hydrogens (primary N) is 1. The van der Waals surface area contributed by atoms with Crippen molar-refractivity contribution in [2.24, 2.45) is 5.73 Å². The molecule has 0 heterocycles. The molecule has 1 unspecified atom stereocenters. The molecule has 1 aliphatic carbocycles. The molecular weight excluding hydrogens is 170 g/mol.